The molecule has 0 unspecified atom stereocenters. The Morgan fingerprint density at radius 3 is 2.33 bits per heavy atom. The van der Waals surface area contributed by atoms with E-state index in [0.29, 0.717) is 0 Å². The molecule has 0 spiro atoms. The minimum atomic E-state index is -1.06. The van der Waals surface area contributed by atoms with Gasteiger partial charge in [-0.05, 0) is 38.7 Å². The normalized spacial score (nSPS) is 14.0. The summed E-state index contributed by atoms with van der Waals surface area (Å²) in [6, 6.07) is 8.30. The van der Waals surface area contributed by atoms with Gasteiger partial charge in [0.1, 0.15) is 18.3 Å². The predicted octanol–water partition coefficient (Wildman–Crippen LogP) is 4.40. The van der Waals surface area contributed by atoms with Gasteiger partial charge in [-0.3, -0.25) is 4.79 Å². The summed E-state index contributed by atoms with van der Waals surface area (Å²) >= 11 is 0. The van der Waals surface area contributed by atoms with E-state index in [9.17, 15) is 14.4 Å². The third kappa shape index (κ3) is 12.3. The van der Waals surface area contributed by atoms with E-state index in [4.69, 9.17) is 18.9 Å². The zero-order valence-electron chi connectivity index (χ0n) is 20.7. The molecule has 0 heterocycles. The molecular formula is C25H39NO7. The Morgan fingerprint density at radius 2 is 1.76 bits per heavy atom. The summed E-state index contributed by atoms with van der Waals surface area (Å²) in [5, 5.41) is 2.48. The van der Waals surface area contributed by atoms with Gasteiger partial charge in [-0.1, -0.05) is 57.0 Å². The molecule has 1 amide bonds. The van der Waals surface area contributed by atoms with Crippen LogP contribution in [-0.2, 0) is 35.1 Å². The summed E-state index contributed by atoms with van der Waals surface area (Å²) in [5.41, 5.74) is 0.158. The summed E-state index contributed by atoms with van der Waals surface area (Å²) < 4.78 is 21.4. The van der Waals surface area contributed by atoms with E-state index in [-0.39, 0.29) is 25.6 Å². The molecule has 33 heavy (non-hydrogen) atoms. The largest absolute Gasteiger partial charge is 0.461 e. The zero-order chi connectivity index (χ0) is 24.9. The molecule has 3 atom stereocenters. The van der Waals surface area contributed by atoms with Gasteiger partial charge in [0, 0.05) is 7.11 Å². The number of amides is 1. The van der Waals surface area contributed by atoms with E-state index in [1.165, 1.54) is 7.11 Å². The molecule has 186 valence electrons. The Morgan fingerprint density at radius 1 is 1.09 bits per heavy atom. The molecule has 8 heteroatoms. The van der Waals surface area contributed by atoms with Gasteiger partial charge in [-0.2, -0.15) is 0 Å². The first-order valence-electron chi connectivity index (χ1n) is 11.4. The average Bonchev–Trinajstić information content (AvgIpc) is 2.74. The maximum atomic E-state index is 12.9. The number of nitrogens with one attached hydrogen (secondary N) is 1. The summed E-state index contributed by atoms with van der Waals surface area (Å²) in [6.07, 6.45) is 1.19. The van der Waals surface area contributed by atoms with Crippen LogP contribution in [0.25, 0.3) is 0 Å². The lowest BCUT2D eigenvalue weighted by Gasteiger charge is -2.27. The molecule has 1 aromatic rings. The molecule has 8 nitrogen and oxygen atoms in total. The van der Waals surface area contributed by atoms with Gasteiger partial charge in [0.05, 0.1) is 13.0 Å². The molecular weight excluding hydrogens is 426 g/mol. The van der Waals surface area contributed by atoms with Crippen LogP contribution in [0.4, 0.5) is 4.79 Å². The molecule has 0 radical (unpaired) electrons. The molecule has 1 aromatic carbocycles. The fourth-order valence-electron chi connectivity index (χ4n) is 3.05. The van der Waals surface area contributed by atoms with Crippen LogP contribution in [0.2, 0.25) is 0 Å². The maximum absolute atomic E-state index is 12.9. The molecule has 1 rings (SSSR count). The van der Waals surface area contributed by atoms with Gasteiger partial charge >= 0.3 is 18.0 Å². The third-order valence-corrected chi connectivity index (χ3v) is 4.83. The Kier molecular flexibility index (Phi) is 12.5. The molecule has 0 saturated carbocycles. The molecule has 0 aliphatic heterocycles. The monoisotopic (exact) mass is 465 g/mol. The zero-order valence-corrected chi connectivity index (χ0v) is 20.7. The lowest BCUT2D eigenvalue weighted by Crippen LogP contribution is -2.48. The number of unbranched alkanes of at least 4 members (excludes halogenated alkanes) is 1. The van der Waals surface area contributed by atoms with Crippen molar-refractivity contribution in [3.8, 4) is 0 Å². The van der Waals surface area contributed by atoms with E-state index < -0.39 is 35.8 Å². The molecule has 0 saturated heterocycles. The fourth-order valence-corrected chi connectivity index (χ4v) is 3.05. The van der Waals surface area contributed by atoms with Crippen molar-refractivity contribution in [3.05, 3.63) is 35.9 Å². The van der Waals surface area contributed by atoms with Crippen LogP contribution in [0.5, 0.6) is 0 Å². The van der Waals surface area contributed by atoms with Crippen molar-refractivity contribution in [2.24, 2.45) is 5.92 Å². The highest BCUT2D eigenvalue weighted by Gasteiger charge is 2.31. The van der Waals surface area contributed by atoms with Gasteiger partial charge in [0.15, 0.2) is 6.04 Å². The quantitative estimate of drug-likeness (QED) is 0.340. The topological polar surface area (TPSA) is 100 Å². The van der Waals surface area contributed by atoms with Crippen molar-refractivity contribution >= 4 is 18.0 Å². The highest BCUT2D eigenvalue weighted by atomic mass is 16.6. The number of alkyl carbamates (subject to hydrolysis) is 1. The van der Waals surface area contributed by atoms with Gasteiger partial charge in [-0.25, -0.2) is 9.59 Å². The number of hydrogen-bond donors (Lipinski definition) is 1. The fraction of sp³-hybridized carbons (Fsp3) is 0.640. The van der Waals surface area contributed by atoms with Crippen molar-refractivity contribution in [1.82, 2.24) is 5.32 Å². The van der Waals surface area contributed by atoms with Crippen molar-refractivity contribution in [2.45, 2.75) is 84.7 Å². The molecule has 0 bridgehead atoms. The number of benzene rings is 1. The number of carbonyl (C=O) groups excluding carboxylic acids is 3. The Labute approximate surface area is 197 Å². The average molecular weight is 466 g/mol. The van der Waals surface area contributed by atoms with Gasteiger partial charge in [-0.15, -0.1) is 0 Å². The van der Waals surface area contributed by atoms with Crippen molar-refractivity contribution < 1.29 is 33.3 Å². The summed E-state index contributed by atoms with van der Waals surface area (Å²) in [7, 11) is 1.42. The molecule has 0 aliphatic carbocycles. The van der Waals surface area contributed by atoms with E-state index in [1.807, 2.05) is 37.3 Å². The third-order valence-electron chi connectivity index (χ3n) is 4.83. The number of hydrogen-bond acceptors (Lipinski definition) is 7. The second kappa shape index (κ2) is 14.5. The highest BCUT2D eigenvalue weighted by Crippen LogP contribution is 2.20. The van der Waals surface area contributed by atoms with E-state index in [1.54, 1.807) is 20.8 Å². The van der Waals surface area contributed by atoms with Crippen LogP contribution in [0.3, 0.4) is 0 Å². The van der Waals surface area contributed by atoms with Crippen molar-refractivity contribution in [1.29, 1.82) is 0 Å². The number of carbonyl (C=O) groups is 3. The Hall–Kier alpha value is -2.61. The minimum absolute atomic E-state index is 0.0668. The summed E-state index contributed by atoms with van der Waals surface area (Å²) in [4.78, 5) is 37.5. The second-order valence-corrected chi connectivity index (χ2v) is 9.10. The van der Waals surface area contributed by atoms with Crippen molar-refractivity contribution in [2.75, 3.05) is 13.7 Å². The van der Waals surface area contributed by atoms with Crippen LogP contribution in [0.15, 0.2) is 30.3 Å². The standard InChI is InChI=1S/C25H39NO7/c1-7-8-12-18(2)21(15-22(27)31-16-19-13-10-9-11-14-19)32-23(28)20(17-30-6)26-24(29)33-25(3,4)5/h9-11,13-14,18,20-21H,7-8,12,15-17H2,1-6H3,(H,26,29)/t18-,20-,21-/m0/s1. The van der Waals surface area contributed by atoms with Gasteiger partial charge < -0.3 is 24.3 Å². The predicted molar refractivity (Wildman–Crippen MR) is 124 cm³/mol. The smallest absolute Gasteiger partial charge is 0.408 e. The Balaban J connectivity index is 2.80. The molecule has 1 N–H and O–H groups in total. The first-order chi connectivity index (χ1) is 15.6. The van der Waals surface area contributed by atoms with Gasteiger partial charge in [0.2, 0.25) is 0 Å². The van der Waals surface area contributed by atoms with Crippen LogP contribution in [0, 0.1) is 5.92 Å². The lowest BCUT2D eigenvalue weighted by molar-refractivity contribution is -0.161. The maximum Gasteiger partial charge on any atom is 0.408 e. The Bertz CT molecular complexity index is 730. The van der Waals surface area contributed by atoms with Crippen LogP contribution in [0.1, 0.15) is 65.9 Å². The van der Waals surface area contributed by atoms with E-state index in [0.717, 1.165) is 24.8 Å². The van der Waals surface area contributed by atoms with Crippen molar-refractivity contribution in [3.63, 3.8) is 0 Å². The van der Waals surface area contributed by atoms with Crippen LogP contribution in [-0.4, -0.2) is 49.5 Å². The first-order valence-corrected chi connectivity index (χ1v) is 11.4. The second-order valence-electron chi connectivity index (χ2n) is 9.10. The number of rotatable bonds is 13. The summed E-state index contributed by atoms with van der Waals surface area (Å²) in [5.74, 6) is -1.21. The van der Waals surface area contributed by atoms with Crippen LogP contribution >= 0.6 is 0 Å². The molecule has 0 aliphatic rings. The highest BCUT2D eigenvalue weighted by molar-refractivity contribution is 5.82. The van der Waals surface area contributed by atoms with Crippen LogP contribution < -0.4 is 5.32 Å². The lowest BCUT2D eigenvalue weighted by atomic mass is 9.95. The number of methoxy groups -OCH3 is 1. The minimum Gasteiger partial charge on any atom is -0.461 e. The SMILES string of the molecule is CCCC[C@H](C)[C@H](CC(=O)OCc1ccccc1)OC(=O)[C@H](COC)NC(=O)OC(C)(C)C. The number of ether oxygens (including phenoxy) is 4. The van der Waals surface area contributed by atoms with E-state index in [2.05, 4.69) is 12.2 Å². The molecule has 0 aromatic heterocycles. The number of esters is 2. The van der Waals surface area contributed by atoms with E-state index >= 15 is 0 Å². The van der Waals surface area contributed by atoms with Gasteiger partial charge in [0.25, 0.3) is 0 Å². The molecule has 0 fully saturated rings. The first kappa shape index (κ1) is 28.4. The summed E-state index contributed by atoms with van der Waals surface area (Å²) in [6.45, 7) is 9.24.